The number of nitriles is 1. The summed E-state index contributed by atoms with van der Waals surface area (Å²) >= 11 is 3.28. The molecular formula is C12H10BrNO3S. The Morgan fingerprint density at radius 3 is 2.28 bits per heavy atom. The van der Waals surface area contributed by atoms with Gasteiger partial charge in [-0.25, -0.2) is 8.42 Å². The third kappa shape index (κ3) is 1.88. The highest BCUT2D eigenvalue weighted by molar-refractivity contribution is 9.10. The van der Waals surface area contributed by atoms with Crippen LogP contribution in [-0.4, -0.2) is 26.2 Å². The Labute approximate surface area is 114 Å². The van der Waals surface area contributed by atoms with E-state index >= 15 is 0 Å². The number of nitrogens with zero attached hydrogens (tertiary/aromatic N) is 1. The van der Waals surface area contributed by atoms with Crippen molar-refractivity contribution in [3.8, 4) is 6.07 Å². The molecule has 6 heteroatoms. The van der Waals surface area contributed by atoms with E-state index in [1.54, 1.807) is 24.3 Å². The van der Waals surface area contributed by atoms with E-state index < -0.39 is 26.4 Å². The van der Waals surface area contributed by atoms with Crippen LogP contribution in [0.3, 0.4) is 0 Å². The van der Waals surface area contributed by atoms with E-state index in [2.05, 4.69) is 15.9 Å². The number of halogens is 1. The van der Waals surface area contributed by atoms with Gasteiger partial charge in [0, 0.05) is 16.6 Å². The zero-order valence-corrected chi connectivity index (χ0v) is 11.9. The Kier molecular flexibility index (Phi) is 3.07. The van der Waals surface area contributed by atoms with Crippen LogP contribution in [0, 0.1) is 16.7 Å². The van der Waals surface area contributed by atoms with Crippen LogP contribution in [0.4, 0.5) is 0 Å². The molecule has 0 heterocycles. The number of aldehydes is 1. The second-order valence-electron chi connectivity index (χ2n) is 4.44. The van der Waals surface area contributed by atoms with Gasteiger partial charge in [0.05, 0.1) is 11.3 Å². The summed E-state index contributed by atoms with van der Waals surface area (Å²) in [5.74, 6) is -0.567. The van der Waals surface area contributed by atoms with Crippen molar-refractivity contribution >= 4 is 32.1 Å². The normalized spacial score (nSPS) is 30.5. The van der Waals surface area contributed by atoms with Crippen molar-refractivity contribution in [3.63, 3.8) is 0 Å². The number of carbonyl (C=O) groups is 1. The fourth-order valence-corrected chi connectivity index (χ4v) is 4.42. The van der Waals surface area contributed by atoms with Crippen molar-refractivity contribution < 1.29 is 13.2 Å². The van der Waals surface area contributed by atoms with Gasteiger partial charge < -0.3 is 4.79 Å². The lowest BCUT2D eigenvalue weighted by molar-refractivity contribution is -0.110. The minimum atomic E-state index is -3.43. The SMILES string of the molecule is CS(=O)(=O)[C@@H]1[C@H](c2ccc(Br)cc2)[C@]1(C#N)C=O. The summed E-state index contributed by atoms with van der Waals surface area (Å²) in [6.45, 7) is 0. The van der Waals surface area contributed by atoms with Gasteiger partial charge in [0.25, 0.3) is 0 Å². The molecule has 2 rings (SSSR count). The lowest BCUT2D eigenvalue weighted by Crippen LogP contribution is -2.14. The van der Waals surface area contributed by atoms with E-state index in [4.69, 9.17) is 5.26 Å². The Hall–Kier alpha value is -1.19. The van der Waals surface area contributed by atoms with E-state index in [1.165, 1.54) is 0 Å². The minimum Gasteiger partial charge on any atom is -0.302 e. The number of carbonyl (C=O) groups excluding carboxylic acids is 1. The standard InChI is InChI=1S/C12H10BrNO3S/c1-18(16,17)11-10(12(11,6-14)7-15)8-2-4-9(13)5-3-8/h2-5,7,10-11H,1H3/t10-,11+,12-/m0/s1. The maximum Gasteiger partial charge on any atom is 0.153 e. The molecule has 94 valence electrons. The molecule has 1 fully saturated rings. The summed E-state index contributed by atoms with van der Waals surface area (Å²) < 4.78 is 24.2. The Balaban J connectivity index is 2.49. The first kappa shape index (κ1) is 13.2. The first-order chi connectivity index (χ1) is 8.36. The molecule has 1 aromatic rings. The fourth-order valence-electron chi connectivity index (χ4n) is 2.40. The van der Waals surface area contributed by atoms with E-state index in [0.717, 1.165) is 10.7 Å². The van der Waals surface area contributed by atoms with Crippen LogP contribution in [0.25, 0.3) is 0 Å². The molecule has 1 aliphatic rings. The predicted octanol–water partition coefficient (Wildman–Crippen LogP) is 1.67. The van der Waals surface area contributed by atoms with Gasteiger partial charge in [-0.1, -0.05) is 28.1 Å². The smallest absolute Gasteiger partial charge is 0.153 e. The van der Waals surface area contributed by atoms with Gasteiger partial charge in [0.1, 0.15) is 11.7 Å². The summed E-state index contributed by atoms with van der Waals surface area (Å²) in [5, 5.41) is 8.19. The van der Waals surface area contributed by atoms with Crippen molar-refractivity contribution in [2.24, 2.45) is 5.41 Å². The third-order valence-electron chi connectivity index (χ3n) is 3.26. The number of sulfone groups is 1. The molecule has 0 spiro atoms. The average molecular weight is 328 g/mol. The van der Waals surface area contributed by atoms with Crippen molar-refractivity contribution in [3.05, 3.63) is 34.3 Å². The molecule has 1 aliphatic carbocycles. The van der Waals surface area contributed by atoms with E-state index in [9.17, 15) is 13.2 Å². The highest BCUT2D eigenvalue weighted by Crippen LogP contribution is 2.61. The summed E-state index contributed by atoms with van der Waals surface area (Å²) in [4.78, 5) is 11.1. The molecule has 1 aromatic carbocycles. The van der Waals surface area contributed by atoms with E-state index in [1.807, 2.05) is 6.07 Å². The molecule has 0 N–H and O–H groups in total. The van der Waals surface area contributed by atoms with Crippen LogP contribution in [0.15, 0.2) is 28.7 Å². The summed E-state index contributed by atoms with van der Waals surface area (Å²) in [6.07, 6.45) is 1.53. The van der Waals surface area contributed by atoms with Crippen molar-refractivity contribution in [2.45, 2.75) is 11.2 Å². The monoisotopic (exact) mass is 327 g/mol. The molecule has 0 saturated heterocycles. The number of rotatable bonds is 3. The lowest BCUT2D eigenvalue weighted by Gasteiger charge is -1.99. The largest absolute Gasteiger partial charge is 0.302 e. The van der Waals surface area contributed by atoms with Gasteiger partial charge in [-0.3, -0.25) is 0 Å². The van der Waals surface area contributed by atoms with Gasteiger partial charge in [-0.2, -0.15) is 5.26 Å². The topological polar surface area (TPSA) is 75.0 Å². The molecule has 0 radical (unpaired) electrons. The molecule has 1 saturated carbocycles. The maximum atomic E-state index is 11.7. The fraction of sp³-hybridized carbons (Fsp3) is 0.333. The van der Waals surface area contributed by atoms with E-state index in [0.29, 0.717) is 11.8 Å². The molecule has 3 atom stereocenters. The predicted molar refractivity (Wildman–Crippen MR) is 69.6 cm³/mol. The number of benzene rings is 1. The van der Waals surface area contributed by atoms with Crippen LogP contribution in [0.5, 0.6) is 0 Å². The zero-order valence-electron chi connectivity index (χ0n) is 9.50. The zero-order chi connectivity index (χ0) is 13.6. The first-order valence-electron chi connectivity index (χ1n) is 5.18. The van der Waals surface area contributed by atoms with Crippen LogP contribution in [0.2, 0.25) is 0 Å². The molecule has 0 bridgehead atoms. The van der Waals surface area contributed by atoms with Gasteiger partial charge >= 0.3 is 0 Å². The number of hydrogen-bond acceptors (Lipinski definition) is 4. The summed E-state index contributed by atoms with van der Waals surface area (Å²) in [5.41, 5.74) is -0.733. The average Bonchev–Trinajstić information content (AvgIpc) is 3.00. The third-order valence-corrected chi connectivity index (χ3v) is 5.37. The highest BCUT2D eigenvalue weighted by Gasteiger charge is 2.71. The lowest BCUT2D eigenvalue weighted by atomic mass is 10.0. The summed E-state index contributed by atoms with van der Waals surface area (Å²) in [6, 6.07) is 8.85. The maximum absolute atomic E-state index is 11.7. The molecule has 0 unspecified atom stereocenters. The van der Waals surface area contributed by atoms with Crippen LogP contribution < -0.4 is 0 Å². The van der Waals surface area contributed by atoms with E-state index in [-0.39, 0.29) is 0 Å². The van der Waals surface area contributed by atoms with Crippen LogP contribution in [0.1, 0.15) is 11.5 Å². The van der Waals surface area contributed by atoms with Gasteiger partial charge in [0.15, 0.2) is 9.84 Å². The van der Waals surface area contributed by atoms with Crippen LogP contribution in [-0.2, 0) is 14.6 Å². The molecule has 0 aliphatic heterocycles. The molecule has 4 nitrogen and oxygen atoms in total. The Morgan fingerprint density at radius 2 is 1.94 bits per heavy atom. The van der Waals surface area contributed by atoms with Gasteiger partial charge in [-0.15, -0.1) is 0 Å². The first-order valence-corrected chi connectivity index (χ1v) is 7.93. The van der Waals surface area contributed by atoms with Crippen molar-refractivity contribution in [1.82, 2.24) is 0 Å². The molecule has 0 amide bonds. The second-order valence-corrected chi connectivity index (χ2v) is 7.52. The molecule has 0 aromatic heterocycles. The highest BCUT2D eigenvalue weighted by atomic mass is 79.9. The van der Waals surface area contributed by atoms with Gasteiger partial charge in [-0.05, 0) is 17.7 Å². The molecular weight excluding hydrogens is 318 g/mol. The van der Waals surface area contributed by atoms with Crippen LogP contribution >= 0.6 is 15.9 Å². The minimum absolute atomic E-state index is 0.464. The number of hydrogen-bond donors (Lipinski definition) is 0. The molecule has 18 heavy (non-hydrogen) atoms. The van der Waals surface area contributed by atoms with Gasteiger partial charge in [0.2, 0.25) is 0 Å². The summed E-state index contributed by atoms with van der Waals surface area (Å²) in [7, 11) is -3.43. The second kappa shape index (κ2) is 4.18. The Morgan fingerprint density at radius 1 is 1.39 bits per heavy atom. The van der Waals surface area contributed by atoms with Crippen molar-refractivity contribution in [2.75, 3.05) is 6.26 Å². The van der Waals surface area contributed by atoms with Crippen molar-refractivity contribution in [1.29, 1.82) is 5.26 Å². The Bertz CT molecular complexity index is 632. The quantitative estimate of drug-likeness (QED) is 0.791.